The first kappa shape index (κ1) is 10.2. The van der Waals surface area contributed by atoms with Gasteiger partial charge in [-0.05, 0) is 31.8 Å². The molecule has 10 heavy (non-hydrogen) atoms. The van der Waals surface area contributed by atoms with E-state index in [9.17, 15) is 9.90 Å². The van der Waals surface area contributed by atoms with Crippen LogP contribution in [0.4, 0.5) is 0 Å². The Kier molecular flexibility index (Phi) is 4.25. The molecule has 0 amide bonds. The van der Waals surface area contributed by atoms with E-state index in [1.807, 2.05) is 0 Å². The molecular weight excluding hydrogens is 139 g/mol. The third kappa shape index (κ3) is 2.11. The van der Waals surface area contributed by atoms with E-state index in [2.05, 4.69) is 0 Å². The number of Topliss-reactive ketones (excluding diaryl/α,β-unsaturated/α-hetero) is 1. The van der Waals surface area contributed by atoms with E-state index in [-0.39, 0.29) is 41.1 Å². The standard InChI is InChI=1S/C7H10O2.Na/c1-5(8)6-3-2-4-7(6)9;/h9H,2-4H2,1H3;/q;+1/p-1. The number of hydrogen-bond acceptors (Lipinski definition) is 2. The second kappa shape index (κ2) is 4.16. The Morgan fingerprint density at radius 1 is 1.50 bits per heavy atom. The Bertz CT molecular complexity index is 172. The second-order valence-corrected chi connectivity index (χ2v) is 2.31. The van der Waals surface area contributed by atoms with Crippen LogP contribution < -0.4 is 34.7 Å². The summed E-state index contributed by atoms with van der Waals surface area (Å²) < 4.78 is 0. The van der Waals surface area contributed by atoms with E-state index >= 15 is 0 Å². The van der Waals surface area contributed by atoms with Gasteiger partial charge in [-0.1, -0.05) is 0 Å². The molecule has 0 aromatic heterocycles. The van der Waals surface area contributed by atoms with E-state index in [1.54, 1.807) is 0 Å². The monoisotopic (exact) mass is 148 g/mol. The van der Waals surface area contributed by atoms with Crippen molar-refractivity contribution in [3.8, 4) is 0 Å². The Labute approximate surface area is 82.6 Å². The van der Waals surface area contributed by atoms with Gasteiger partial charge in [0.1, 0.15) is 0 Å². The van der Waals surface area contributed by atoms with Gasteiger partial charge in [0.15, 0.2) is 5.78 Å². The van der Waals surface area contributed by atoms with Gasteiger partial charge in [0.25, 0.3) is 0 Å². The maximum atomic E-state index is 10.8. The number of ketones is 1. The minimum atomic E-state index is -0.0440. The van der Waals surface area contributed by atoms with Crippen LogP contribution in [0.1, 0.15) is 26.2 Å². The maximum absolute atomic E-state index is 10.8. The van der Waals surface area contributed by atoms with Gasteiger partial charge < -0.3 is 5.11 Å². The number of carbonyl (C=O) groups is 1. The number of hydrogen-bond donors (Lipinski definition) is 0. The predicted molar refractivity (Wildman–Crippen MR) is 31.6 cm³/mol. The fourth-order valence-corrected chi connectivity index (χ4v) is 1.09. The van der Waals surface area contributed by atoms with E-state index < -0.39 is 0 Å². The molecule has 2 nitrogen and oxygen atoms in total. The fourth-order valence-electron chi connectivity index (χ4n) is 1.09. The van der Waals surface area contributed by atoms with Crippen molar-refractivity contribution in [1.29, 1.82) is 0 Å². The molecule has 0 saturated heterocycles. The third-order valence-corrected chi connectivity index (χ3v) is 1.59. The van der Waals surface area contributed by atoms with E-state index in [4.69, 9.17) is 0 Å². The predicted octanol–water partition coefficient (Wildman–Crippen LogP) is -2.62. The van der Waals surface area contributed by atoms with Gasteiger partial charge in [-0.25, -0.2) is 0 Å². The first-order valence-electron chi connectivity index (χ1n) is 3.12. The summed E-state index contributed by atoms with van der Waals surface area (Å²) in [6, 6.07) is 0. The molecule has 50 valence electrons. The van der Waals surface area contributed by atoms with Crippen LogP contribution in [0.5, 0.6) is 0 Å². The normalized spacial score (nSPS) is 16.9. The Morgan fingerprint density at radius 2 is 2.10 bits per heavy atom. The summed E-state index contributed by atoms with van der Waals surface area (Å²) >= 11 is 0. The molecule has 0 radical (unpaired) electrons. The van der Waals surface area contributed by atoms with Gasteiger partial charge in [0, 0.05) is 0 Å². The van der Waals surface area contributed by atoms with Gasteiger partial charge in [0.05, 0.1) is 0 Å². The van der Waals surface area contributed by atoms with Crippen LogP contribution in [0.25, 0.3) is 0 Å². The summed E-state index contributed by atoms with van der Waals surface area (Å²) in [6.07, 6.45) is 2.15. The molecule has 0 aromatic rings. The first-order valence-corrected chi connectivity index (χ1v) is 3.12. The average Bonchev–Trinajstić information content (AvgIpc) is 2.13. The molecule has 1 aliphatic rings. The van der Waals surface area contributed by atoms with Gasteiger partial charge in [-0.2, -0.15) is 0 Å². The summed E-state index contributed by atoms with van der Waals surface area (Å²) in [5.41, 5.74) is 0.523. The van der Waals surface area contributed by atoms with Crippen molar-refractivity contribution in [2.45, 2.75) is 26.2 Å². The average molecular weight is 148 g/mol. The van der Waals surface area contributed by atoms with Crippen LogP contribution in [-0.2, 0) is 4.79 Å². The van der Waals surface area contributed by atoms with Crippen LogP contribution in [0, 0.1) is 0 Å². The minimum absolute atomic E-state index is 0. The minimum Gasteiger partial charge on any atom is -0.875 e. The molecule has 0 aliphatic heterocycles. The van der Waals surface area contributed by atoms with Crippen molar-refractivity contribution in [2.24, 2.45) is 0 Å². The maximum Gasteiger partial charge on any atom is 1.00 e. The van der Waals surface area contributed by atoms with E-state index in [1.165, 1.54) is 6.92 Å². The Hall–Kier alpha value is 0.210. The van der Waals surface area contributed by atoms with E-state index in [0.717, 1.165) is 6.42 Å². The molecule has 0 atom stereocenters. The van der Waals surface area contributed by atoms with Crippen LogP contribution >= 0.6 is 0 Å². The topological polar surface area (TPSA) is 40.1 Å². The molecule has 0 unspecified atom stereocenters. The van der Waals surface area contributed by atoms with Crippen LogP contribution in [0.2, 0.25) is 0 Å². The van der Waals surface area contributed by atoms with Crippen LogP contribution in [-0.4, -0.2) is 5.78 Å². The van der Waals surface area contributed by atoms with Crippen LogP contribution in [0.3, 0.4) is 0 Å². The SMILES string of the molecule is CC(=O)C1=C([O-])CCC1.[Na+]. The quantitative estimate of drug-likeness (QED) is 0.382. The molecule has 1 rings (SSSR count). The van der Waals surface area contributed by atoms with Crippen LogP contribution in [0.15, 0.2) is 11.3 Å². The third-order valence-electron chi connectivity index (χ3n) is 1.59. The van der Waals surface area contributed by atoms with Crippen molar-refractivity contribution in [3.63, 3.8) is 0 Å². The zero-order chi connectivity index (χ0) is 6.85. The Morgan fingerprint density at radius 3 is 2.30 bits per heavy atom. The van der Waals surface area contributed by atoms with Gasteiger partial charge in [0.2, 0.25) is 0 Å². The summed E-state index contributed by atoms with van der Waals surface area (Å²) in [6.45, 7) is 1.46. The molecule has 0 spiro atoms. The summed E-state index contributed by atoms with van der Waals surface area (Å²) in [5.74, 6) is 0.0139. The molecule has 0 saturated carbocycles. The zero-order valence-corrected chi connectivity index (χ0v) is 8.44. The van der Waals surface area contributed by atoms with E-state index in [0.29, 0.717) is 18.4 Å². The zero-order valence-electron chi connectivity index (χ0n) is 6.44. The van der Waals surface area contributed by atoms with Crippen molar-refractivity contribution >= 4 is 5.78 Å². The molecule has 0 aromatic carbocycles. The smallest absolute Gasteiger partial charge is 0.875 e. The number of allylic oxidation sites excluding steroid dienone is 2. The molecule has 0 bridgehead atoms. The second-order valence-electron chi connectivity index (χ2n) is 2.31. The molecule has 3 heteroatoms. The van der Waals surface area contributed by atoms with Crippen molar-refractivity contribution in [3.05, 3.63) is 11.3 Å². The van der Waals surface area contributed by atoms with Gasteiger partial charge in [-0.15, -0.1) is 5.76 Å². The van der Waals surface area contributed by atoms with Gasteiger partial charge in [-0.3, -0.25) is 4.79 Å². The number of carbonyl (C=O) groups excluding carboxylic acids is 1. The number of rotatable bonds is 1. The first-order chi connectivity index (χ1) is 4.22. The molecule has 0 heterocycles. The Balaban J connectivity index is 0.000000810. The molecule has 0 N–H and O–H groups in total. The summed E-state index contributed by atoms with van der Waals surface area (Å²) in [7, 11) is 0. The van der Waals surface area contributed by atoms with Crippen molar-refractivity contribution in [2.75, 3.05) is 0 Å². The molecular formula is C7H9NaO2. The largest absolute Gasteiger partial charge is 1.00 e. The fraction of sp³-hybridized carbons (Fsp3) is 0.571. The molecule has 0 fully saturated rings. The van der Waals surface area contributed by atoms with Crippen molar-refractivity contribution < 1.29 is 39.5 Å². The van der Waals surface area contributed by atoms with Crippen molar-refractivity contribution in [1.82, 2.24) is 0 Å². The summed E-state index contributed by atoms with van der Waals surface area (Å²) in [5, 5.41) is 10.8. The summed E-state index contributed by atoms with van der Waals surface area (Å²) in [4.78, 5) is 10.6. The molecule has 1 aliphatic carbocycles. The van der Waals surface area contributed by atoms with Gasteiger partial charge >= 0.3 is 29.6 Å².